The largest absolute Gasteiger partial charge is 0.389 e. The number of carbonyl (C=O) groups is 1. The summed E-state index contributed by atoms with van der Waals surface area (Å²) in [4.78, 5) is 17.3. The zero-order valence-corrected chi connectivity index (χ0v) is 22.9. The third-order valence-electron chi connectivity index (χ3n) is 5.81. The highest BCUT2D eigenvalue weighted by Gasteiger charge is 2.12. The van der Waals surface area contributed by atoms with E-state index in [0.717, 1.165) is 61.3 Å². The Balaban J connectivity index is 1.43. The van der Waals surface area contributed by atoms with Gasteiger partial charge in [0.1, 0.15) is 0 Å². The van der Waals surface area contributed by atoms with Gasteiger partial charge in [-0.3, -0.25) is 9.52 Å². The van der Waals surface area contributed by atoms with Gasteiger partial charge in [-0.1, -0.05) is 30.9 Å². The zero-order chi connectivity index (χ0) is 25.4. The number of rotatable bonds is 13. The molecule has 8 heteroatoms. The van der Waals surface area contributed by atoms with E-state index in [1.807, 2.05) is 55.2 Å². The molecular weight excluding hydrogens is 486 g/mol. The van der Waals surface area contributed by atoms with E-state index in [-0.39, 0.29) is 5.91 Å². The van der Waals surface area contributed by atoms with Crippen molar-refractivity contribution in [2.75, 3.05) is 57.0 Å². The first-order valence-corrected chi connectivity index (χ1v) is 14.4. The molecule has 0 unspecified atom stereocenters. The van der Waals surface area contributed by atoms with Gasteiger partial charge in [-0.2, -0.15) is 0 Å². The highest BCUT2D eigenvalue weighted by atomic mass is 32.2. The van der Waals surface area contributed by atoms with E-state index in [1.165, 1.54) is 36.1 Å². The summed E-state index contributed by atoms with van der Waals surface area (Å²) < 4.78 is 2.96. The van der Waals surface area contributed by atoms with Crippen LogP contribution in [0.25, 0.3) is 0 Å². The van der Waals surface area contributed by atoms with Crippen LogP contribution in [-0.2, 0) is 0 Å². The van der Waals surface area contributed by atoms with Crippen molar-refractivity contribution in [3.8, 4) is 0 Å². The molecule has 1 saturated heterocycles. The van der Waals surface area contributed by atoms with Crippen LogP contribution in [0.15, 0.2) is 82.8 Å². The molecule has 1 aromatic carbocycles. The van der Waals surface area contributed by atoms with Crippen LogP contribution in [0.3, 0.4) is 0 Å². The van der Waals surface area contributed by atoms with Gasteiger partial charge in [-0.05, 0) is 67.6 Å². The number of likely N-dealkylation sites (N-methyl/N-ethyl adjacent to an activating group) is 1. The molecule has 6 nitrogen and oxygen atoms in total. The van der Waals surface area contributed by atoms with E-state index >= 15 is 0 Å². The van der Waals surface area contributed by atoms with Crippen LogP contribution in [0.2, 0.25) is 0 Å². The van der Waals surface area contributed by atoms with Gasteiger partial charge >= 0.3 is 0 Å². The minimum absolute atomic E-state index is 0.113. The van der Waals surface area contributed by atoms with Crippen LogP contribution in [0.1, 0.15) is 29.6 Å². The number of piperazine rings is 1. The molecule has 0 atom stereocenters. The van der Waals surface area contributed by atoms with Crippen LogP contribution in [0, 0.1) is 0 Å². The van der Waals surface area contributed by atoms with E-state index in [0.29, 0.717) is 5.56 Å². The molecule has 36 heavy (non-hydrogen) atoms. The average molecular weight is 526 g/mol. The van der Waals surface area contributed by atoms with Crippen molar-refractivity contribution in [3.63, 3.8) is 0 Å². The quantitative estimate of drug-likeness (QED) is 0.171. The highest BCUT2D eigenvalue weighted by Crippen LogP contribution is 2.21. The fourth-order valence-corrected chi connectivity index (χ4v) is 5.33. The first-order chi connectivity index (χ1) is 17.7. The van der Waals surface area contributed by atoms with Crippen molar-refractivity contribution in [3.05, 3.63) is 88.4 Å². The van der Waals surface area contributed by atoms with Crippen molar-refractivity contribution in [2.24, 2.45) is 0 Å². The first-order valence-electron chi connectivity index (χ1n) is 12.6. The molecule has 4 N–H and O–H groups in total. The monoisotopic (exact) mass is 525 g/mol. The summed E-state index contributed by atoms with van der Waals surface area (Å²) in [6, 6.07) is 7.83. The number of nitrogens with zero attached hydrogens (tertiary/aromatic N) is 1. The lowest BCUT2D eigenvalue weighted by Gasteiger charge is -2.29. The summed E-state index contributed by atoms with van der Waals surface area (Å²) in [5, 5.41) is 9.86. The minimum Gasteiger partial charge on any atom is -0.389 e. The molecule has 2 aliphatic rings. The Hall–Kier alpha value is -2.39. The third kappa shape index (κ3) is 10.3. The van der Waals surface area contributed by atoms with Gasteiger partial charge in [0.05, 0.1) is 0 Å². The lowest BCUT2D eigenvalue weighted by atomic mass is 10.2. The van der Waals surface area contributed by atoms with Crippen molar-refractivity contribution in [2.45, 2.75) is 19.3 Å². The lowest BCUT2D eigenvalue weighted by Crippen LogP contribution is -2.43. The summed E-state index contributed by atoms with van der Waals surface area (Å²) >= 11 is 3.20. The fourth-order valence-electron chi connectivity index (χ4n) is 3.72. The molecular formula is C28H39N5OS2. The molecule has 0 spiro atoms. The number of hydrogen-bond acceptors (Lipinski definition) is 7. The van der Waals surface area contributed by atoms with Gasteiger partial charge in [0.15, 0.2) is 0 Å². The standard InChI is InChI=1S/C28H39N5OS2/c1-23(29-2)22-27(10-7-15-30-18-21-35-26-8-5-3-4-6-9-26)36-32-28(34)24-11-13-25(14-12-24)33-19-16-31-17-20-33/h5,7-14,22,29-31H,1,3-4,6,15-21H2,2H3,(H,32,34)/b10-7-,27-22+. The van der Waals surface area contributed by atoms with E-state index in [4.69, 9.17) is 0 Å². The van der Waals surface area contributed by atoms with Crippen molar-refractivity contribution < 1.29 is 4.79 Å². The minimum atomic E-state index is -0.113. The molecule has 0 radical (unpaired) electrons. The zero-order valence-electron chi connectivity index (χ0n) is 21.2. The molecule has 1 fully saturated rings. The van der Waals surface area contributed by atoms with Crippen molar-refractivity contribution in [1.82, 2.24) is 20.7 Å². The lowest BCUT2D eigenvalue weighted by molar-refractivity contribution is 0.0984. The second kappa shape index (κ2) is 16.4. The Labute approximate surface area is 225 Å². The predicted molar refractivity (Wildman–Crippen MR) is 158 cm³/mol. The highest BCUT2D eigenvalue weighted by molar-refractivity contribution is 8.03. The van der Waals surface area contributed by atoms with Gasteiger partial charge in [0.2, 0.25) is 0 Å². The average Bonchev–Trinajstić information content (AvgIpc) is 3.20. The SMILES string of the molecule is C=C(/C=C(\C=C/CNCCSC1=CCCCC=C1)SNC(=O)c1ccc(N2CCNCC2)cc1)NC. The molecule has 0 bridgehead atoms. The van der Waals surface area contributed by atoms with Gasteiger partial charge in [-0.25, -0.2) is 0 Å². The molecule has 3 rings (SSSR count). The summed E-state index contributed by atoms with van der Waals surface area (Å²) in [6.45, 7) is 9.64. The van der Waals surface area contributed by atoms with Crippen molar-refractivity contribution in [1.29, 1.82) is 0 Å². The maximum absolute atomic E-state index is 12.7. The number of allylic oxidation sites excluding steroid dienone is 5. The molecule has 1 aliphatic heterocycles. The van der Waals surface area contributed by atoms with Crippen LogP contribution < -0.4 is 25.6 Å². The van der Waals surface area contributed by atoms with Crippen LogP contribution in [0.5, 0.6) is 0 Å². The first kappa shape index (κ1) is 28.2. The number of hydrogen-bond donors (Lipinski definition) is 4. The summed E-state index contributed by atoms with van der Waals surface area (Å²) in [6.07, 6.45) is 16.5. The van der Waals surface area contributed by atoms with Crippen LogP contribution in [0.4, 0.5) is 5.69 Å². The van der Waals surface area contributed by atoms with E-state index in [9.17, 15) is 4.79 Å². The summed E-state index contributed by atoms with van der Waals surface area (Å²) in [5.41, 5.74) is 2.59. The summed E-state index contributed by atoms with van der Waals surface area (Å²) in [5.74, 6) is 0.930. The number of thioether (sulfide) groups is 1. The van der Waals surface area contributed by atoms with E-state index in [2.05, 4.69) is 56.5 Å². The molecule has 0 saturated carbocycles. The number of nitrogens with one attached hydrogen (secondary N) is 4. The Morgan fingerprint density at radius 1 is 1.19 bits per heavy atom. The molecule has 1 amide bonds. The number of carbonyl (C=O) groups excluding carboxylic acids is 1. The maximum atomic E-state index is 12.7. The Bertz CT molecular complexity index is 963. The molecule has 1 aromatic rings. The Morgan fingerprint density at radius 3 is 2.78 bits per heavy atom. The topological polar surface area (TPSA) is 68.4 Å². The normalized spacial score (nSPS) is 16.5. The van der Waals surface area contributed by atoms with Crippen LogP contribution >= 0.6 is 23.7 Å². The molecule has 0 aromatic heterocycles. The smallest absolute Gasteiger partial charge is 0.261 e. The number of anilines is 1. The van der Waals surface area contributed by atoms with Gasteiger partial charge in [0.25, 0.3) is 5.91 Å². The molecule has 1 heterocycles. The maximum Gasteiger partial charge on any atom is 0.261 e. The molecule has 194 valence electrons. The fraction of sp³-hybridized carbons (Fsp3) is 0.393. The van der Waals surface area contributed by atoms with Crippen molar-refractivity contribution >= 4 is 35.3 Å². The van der Waals surface area contributed by atoms with E-state index in [1.54, 1.807) is 0 Å². The Morgan fingerprint density at radius 2 is 2.00 bits per heavy atom. The third-order valence-corrected chi connectivity index (χ3v) is 7.63. The van der Waals surface area contributed by atoms with E-state index < -0.39 is 0 Å². The number of amides is 1. The molecule has 1 aliphatic carbocycles. The second-order valence-corrected chi connectivity index (χ2v) is 10.6. The number of benzene rings is 1. The van der Waals surface area contributed by atoms with Crippen LogP contribution in [-0.4, -0.2) is 58.0 Å². The second-order valence-electron chi connectivity index (χ2n) is 8.53. The van der Waals surface area contributed by atoms with Gasteiger partial charge < -0.3 is 20.9 Å². The summed E-state index contributed by atoms with van der Waals surface area (Å²) in [7, 11) is 1.83. The van der Waals surface area contributed by atoms with Gasteiger partial charge in [0, 0.05) is 78.8 Å². The Kier molecular flexibility index (Phi) is 12.8. The van der Waals surface area contributed by atoms with Gasteiger partial charge in [-0.15, -0.1) is 11.8 Å². The predicted octanol–water partition coefficient (Wildman–Crippen LogP) is 4.59.